The van der Waals surface area contributed by atoms with Crippen LogP contribution >= 0.6 is 0 Å². The van der Waals surface area contributed by atoms with Crippen molar-refractivity contribution in [3.63, 3.8) is 0 Å². The summed E-state index contributed by atoms with van der Waals surface area (Å²) in [6, 6.07) is 7.91. The second-order valence-electron chi connectivity index (χ2n) is 5.80. The van der Waals surface area contributed by atoms with E-state index in [1.807, 2.05) is 31.2 Å². The van der Waals surface area contributed by atoms with Crippen LogP contribution in [0.5, 0.6) is 5.75 Å². The fourth-order valence-electron chi connectivity index (χ4n) is 2.09. The lowest BCUT2D eigenvalue weighted by molar-refractivity contribution is -0.127. The van der Waals surface area contributed by atoms with Crippen molar-refractivity contribution in [3.05, 3.63) is 29.8 Å². The Labute approximate surface area is 120 Å². The Morgan fingerprint density at radius 1 is 1.40 bits per heavy atom. The number of hydrogen-bond acceptors (Lipinski definition) is 3. The third-order valence-electron chi connectivity index (χ3n) is 3.51. The van der Waals surface area contributed by atoms with Crippen molar-refractivity contribution in [3.8, 4) is 5.75 Å². The van der Waals surface area contributed by atoms with Gasteiger partial charge in [-0.25, -0.2) is 0 Å². The average Bonchev–Trinajstić information content (AvgIpc) is 2.41. The minimum atomic E-state index is 0.0894. The highest BCUT2D eigenvalue weighted by Crippen LogP contribution is 2.25. The van der Waals surface area contributed by atoms with Crippen molar-refractivity contribution in [2.45, 2.75) is 26.7 Å². The van der Waals surface area contributed by atoms with Gasteiger partial charge in [0.2, 0.25) is 5.91 Å². The summed E-state index contributed by atoms with van der Waals surface area (Å²) in [6.45, 7) is 6.89. The van der Waals surface area contributed by atoms with Gasteiger partial charge in [0.15, 0.2) is 0 Å². The van der Waals surface area contributed by atoms with E-state index < -0.39 is 0 Å². The largest absolute Gasteiger partial charge is 0.493 e. The Morgan fingerprint density at radius 2 is 2.15 bits per heavy atom. The molecule has 0 atom stereocenters. The second kappa shape index (κ2) is 6.75. The number of benzene rings is 1. The summed E-state index contributed by atoms with van der Waals surface area (Å²) >= 11 is 0. The molecule has 0 spiro atoms. The molecule has 4 nitrogen and oxygen atoms in total. The van der Waals surface area contributed by atoms with E-state index in [1.165, 1.54) is 0 Å². The number of ether oxygens (including phenoxy) is 2. The number of rotatable bonds is 7. The molecule has 1 aliphatic heterocycles. The van der Waals surface area contributed by atoms with Crippen LogP contribution in [0.25, 0.3) is 0 Å². The maximum atomic E-state index is 11.7. The first-order valence-corrected chi connectivity index (χ1v) is 7.12. The monoisotopic (exact) mass is 277 g/mol. The van der Waals surface area contributed by atoms with Crippen molar-refractivity contribution >= 4 is 5.91 Å². The van der Waals surface area contributed by atoms with Crippen LogP contribution in [0.2, 0.25) is 0 Å². The van der Waals surface area contributed by atoms with Crippen molar-refractivity contribution in [1.82, 2.24) is 5.32 Å². The highest BCUT2D eigenvalue weighted by atomic mass is 16.5. The van der Waals surface area contributed by atoms with Crippen LogP contribution in [0.4, 0.5) is 0 Å². The van der Waals surface area contributed by atoms with Gasteiger partial charge in [-0.3, -0.25) is 4.79 Å². The van der Waals surface area contributed by atoms with Gasteiger partial charge in [0.25, 0.3) is 0 Å². The van der Waals surface area contributed by atoms with Crippen LogP contribution in [-0.2, 0) is 9.53 Å². The molecule has 1 amide bonds. The standard InChI is InChI=1S/C16H23NO3/c1-13-6-3-4-7-14(13)20-9-5-8-15(18)17-10-16(2)11-19-12-16/h3-4,6-7H,5,8-12H2,1-2H3,(H,17,18). The molecule has 0 radical (unpaired) electrons. The van der Waals surface area contributed by atoms with Gasteiger partial charge in [0.1, 0.15) is 5.75 Å². The summed E-state index contributed by atoms with van der Waals surface area (Å²) in [5.41, 5.74) is 1.25. The molecule has 0 saturated carbocycles. The fourth-order valence-corrected chi connectivity index (χ4v) is 2.09. The van der Waals surface area contributed by atoms with E-state index in [0.29, 0.717) is 19.6 Å². The highest BCUT2D eigenvalue weighted by molar-refractivity contribution is 5.75. The Hall–Kier alpha value is -1.55. The first-order valence-electron chi connectivity index (χ1n) is 7.12. The fraction of sp³-hybridized carbons (Fsp3) is 0.562. The maximum absolute atomic E-state index is 11.7. The quantitative estimate of drug-likeness (QED) is 0.778. The molecule has 0 bridgehead atoms. The Balaban J connectivity index is 1.58. The average molecular weight is 277 g/mol. The summed E-state index contributed by atoms with van der Waals surface area (Å²) in [5, 5.41) is 2.96. The van der Waals surface area contributed by atoms with Crippen molar-refractivity contribution in [1.29, 1.82) is 0 Å². The number of aryl methyl sites for hydroxylation is 1. The van der Waals surface area contributed by atoms with E-state index >= 15 is 0 Å². The molecule has 4 heteroatoms. The third kappa shape index (κ3) is 4.23. The summed E-state index contributed by atoms with van der Waals surface area (Å²) < 4.78 is 10.8. The van der Waals surface area contributed by atoms with E-state index in [1.54, 1.807) is 0 Å². The predicted octanol–water partition coefficient (Wildman–Crippen LogP) is 2.31. The highest BCUT2D eigenvalue weighted by Gasteiger charge is 2.33. The van der Waals surface area contributed by atoms with E-state index in [0.717, 1.165) is 30.9 Å². The zero-order valence-corrected chi connectivity index (χ0v) is 12.3. The SMILES string of the molecule is Cc1ccccc1OCCCC(=O)NCC1(C)COC1. The molecule has 1 aromatic carbocycles. The lowest BCUT2D eigenvalue weighted by Crippen LogP contribution is -2.48. The first kappa shape index (κ1) is 14.9. The van der Waals surface area contributed by atoms with Crippen molar-refractivity contribution < 1.29 is 14.3 Å². The van der Waals surface area contributed by atoms with Crippen LogP contribution in [0, 0.1) is 12.3 Å². The van der Waals surface area contributed by atoms with Crippen LogP contribution in [0.1, 0.15) is 25.3 Å². The van der Waals surface area contributed by atoms with Crippen molar-refractivity contribution in [2.24, 2.45) is 5.41 Å². The summed E-state index contributed by atoms with van der Waals surface area (Å²) in [6.07, 6.45) is 1.23. The first-order chi connectivity index (χ1) is 9.59. The summed E-state index contributed by atoms with van der Waals surface area (Å²) in [4.78, 5) is 11.7. The minimum absolute atomic E-state index is 0.0894. The van der Waals surface area contributed by atoms with Gasteiger partial charge in [0, 0.05) is 18.4 Å². The molecular formula is C16H23NO3. The number of para-hydroxylation sites is 1. The number of carbonyl (C=O) groups is 1. The molecule has 1 N–H and O–H groups in total. The molecule has 0 aliphatic carbocycles. The van der Waals surface area contributed by atoms with Gasteiger partial charge in [-0.2, -0.15) is 0 Å². The topological polar surface area (TPSA) is 47.6 Å². The van der Waals surface area contributed by atoms with Crippen LogP contribution in [-0.4, -0.2) is 32.3 Å². The van der Waals surface area contributed by atoms with Gasteiger partial charge in [-0.1, -0.05) is 25.1 Å². The summed E-state index contributed by atoms with van der Waals surface area (Å²) in [5.74, 6) is 0.985. The van der Waals surface area contributed by atoms with Gasteiger partial charge in [-0.15, -0.1) is 0 Å². The maximum Gasteiger partial charge on any atom is 0.220 e. The Kier molecular flexibility index (Phi) is 5.01. The second-order valence-corrected chi connectivity index (χ2v) is 5.80. The molecule has 1 fully saturated rings. The van der Waals surface area contributed by atoms with Gasteiger partial charge >= 0.3 is 0 Å². The molecular weight excluding hydrogens is 254 g/mol. The van der Waals surface area contributed by atoms with E-state index in [9.17, 15) is 4.79 Å². The van der Waals surface area contributed by atoms with Crippen molar-refractivity contribution in [2.75, 3.05) is 26.4 Å². The minimum Gasteiger partial charge on any atom is -0.493 e. The van der Waals surface area contributed by atoms with Gasteiger partial charge in [0.05, 0.1) is 19.8 Å². The van der Waals surface area contributed by atoms with Gasteiger partial charge in [-0.05, 0) is 25.0 Å². The van der Waals surface area contributed by atoms with Crippen LogP contribution in [0.3, 0.4) is 0 Å². The Morgan fingerprint density at radius 3 is 2.80 bits per heavy atom. The smallest absolute Gasteiger partial charge is 0.220 e. The molecule has 0 aromatic heterocycles. The van der Waals surface area contributed by atoms with Gasteiger partial charge < -0.3 is 14.8 Å². The van der Waals surface area contributed by atoms with E-state index in [4.69, 9.17) is 9.47 Å². The number of hydrogen-bond donors (Lipinski definition) is 1. The molecule has 1 aromatic rings. The number of amides is 1. The Bertz CT molecular complexity index is 455. The zero-order chi connectivity index (χ0) is 14.4. The molecule has 20 heavy (non-hydrogen) atoms. The molecule has 2 rings (SSSR count). The lowest BCUT2D eigenvalue weighted by atomic mass is 9.89. The van der Waals surface area contributed by atoms with E-state index in [-0.39, 0.29) is 11.3 Å². The van der Waals surface area contributed by atoms with E-state index in [2.05, 4.69) is 12.2 Å². The normalized spacial score (nSPS) is 16.3. The van der Waals surface area contributed by atoms with Crippen LogP contribution < -0.4 is 10.1 Å². The lowest BCUT2D eigenvalue weighted by Gasteiger charge is -2.38. The molecule has 1 heterocycles. The molecule has 1 aliphatic rings. The number of carbonyl (C=O) groups excluding carboxylic acids is 1. The number of nitrogens with one attached hydrogen (secondary N) is 1. The van der Waals surface area contributed by atoms with Crippen LogP contribution in [0.15, 0.2) is 24.3 Å². The zero-order valence-electron chi connectivity index (χ0n) is 12.3. The predicted molar refractivity (Wildman–Crippen MR) is 77.8 cm³/mol. The molecule has 0 unspecified atom stereocenters. The summed E-state index contributed by atoms with van der Waals surface area (Å²) in [7, 11) is 0. The molecule has 1 saturated heterocycles. The third-order valence-corrected chi connectivity index (χ3v) is 3.51. The molecule has 110 valence electrons.